The van der Waals surface area contributed by atoms with Crippen LogP contribution in [0, 0.1) is 5.92 Å². The minimum Gasteiger partial charge on any atom is -0.361 e. The quantitative estimate of drug-likeness (QED) is 0.280. The second kappa shape index (κ2) is 10.4. The second-order valence-corrected chi connectivity index (χ2v) is 11.9. The number of rotatable bonds is 8. The van der Waals surface area contributed by atoms with Crippen LogP contribution in [0.25, 0.3) is 22.2 Å². The zero-order chi connectivity index (χ0) is 25.1. The number of sulfone groups is 1. The Morgan fingerprint density at radius 1 is 1.08 bits per heavy atom. The van der Waals surface area contributed by atoms with Gasteiger partial charge < -0.3 is 10.3 Å². The van der Waals surface area contributed by atoms with E-state index in [1.165, 1.54) is 6.07 Å². The molecule has 2 heterocycles. The number of nitrogens with one attached hydrogen (secondary N) is 2. The summed E-state index contributed by atoms with van der Waals surface area (Å²) in [5, 5.41) is 3.48. The maximum atomic E-state index is 13.4. The highest BCUT2D eigenvalue weighted by atomic mass is 35.5. The van der Waals surface area contributed by atoms with Crippen molar-refractivity contribution < 1.29 is 13.2 Å². The number of carbonyl (C=O) groups excluding carboxylic acids is 1. The third-order valence-electron chi connectivity index (χ3n) is 6.88. The average Bonchev–Trinajstić information content (AvgIpc) is 3.59. The first-order valence-electron chi connectivity index (χ1n) is 12.0. The molecule has 0 radical (unpaired) electrons. The molecule has 2 aromatic heterocycles. The molecule has 1 saturated carbocycles. The van der Waals surface area contributed by atoms with Gasteiger partial charge in [0.1, 0.15) is 5.21 Å². The molecular weight excluding hydrogens is 496 g/mol. The fraction of sp³-hybridized carbons (Fsp3) is 0.296. The normalized spacial score (nSPS) is 15.2. The summed E-state index contributed by atoms with van der Waals surface area (Å²) in [5.41, 5.74) is 3.35. The highest BCUT2D eigenvalue weighted by Crippen LogP contribution is 2.35. The summed E-state index contributed by atoms with van der Waals surface area (Å²) in [5.74, 6) is 0.0486. The molecule has 1 atom stereocenters. The maximum absolute atomic E-state index is 13.4. The Hall–Kier alpha value is -3.23. The molecule has 0 spiro atoms. The number of hydrogen-bond donors (Lipinski definition) is 2. The van der Waals surface area contributed by atoms with Crippen LogP contribution >= 0.6 is 11.6 Å². The number of halogens is 1. The average molecular weight is 523 g/mol. The molecule has 0 bridgehead atoms. The lowest BCUT2D eigenvalue weighted by molar-refractivity contribution is -0.118. The SMILES string of the molecule is O=C(Nc1cnc(-c2ccc3[nH]ccc3c2)cn1)C(CC1CCCC1)c1cccc(S(=O)(=O)CCl)c1. The van der Waals surface area contributed by atoms with Crippen molar-refractivity contribution in [2.24, 2.45) is 5.92 Å². The number of alkyl halides is 1. The largest absolute Gasteiger partial charge is 0.361 e. The molecule has 1 fully saturated rings. The van der Waals surface area contributed by atoms with E-state index in [1.54, 1.807) is 30.6 Å². The molecule has 7 nitrogen and oxygen atoms in total. The maximum Gasteiger partial charge on any atom is 0.233 e. The molecule has 9 heteroatoms. The van der Waals surface area contributed by atoms with E-state index in [-0.39, 0.29) is 10.8 Å². The zero-order valence-corrected chi connectivity index (χ0v) is 21.2. The summed E-state index contributed by atoms with van der Waals surface area (Å²) in [7, 11) is -3.60. The smallest absolute Gasteiger partial charge is 0.233 e. The third kappa shape index (κ3) is 5.29. The molecule has 1 amide bonds. The lowest BCUT2D eigenvalue weighted by atomic mass is 9.87. The topological polar surface area (TPSA) is 105 Å². The fourth-order valence-corrected chi connectivity index (χ4v) is 6.03. The van der Waals surface area contributed by atoms with Gasteiger partial charge in [0.2, 0.25) is 5.91 Å². The number of hydrogen-bond acceptors (Lipinski definition) is 5. The number of nitrogens with zero attached hydrogens (tertiary/aromatic N) is 2. The number of fused-ring (bicyclic) bond motifs is 1. The van der Waals surface area contributed by atoms with Gasteiger partial charge >= 0.3 is 0 Å². The van der Waals surface area contributed by atoms with Crippen LogP contribution < -0.4 is 5.32 Å². The summed E-state index contributed by atoms with van der Waals surface area (Å²) >= 11 is 5.66. The second-order valence-electron chi connectivity index (χ2n) is 9.29. The minimum atomic E-state index is -3.60. The molecule has 1 aliphatic carbocycles. The van der Waals surface area contributed by atoms with E-state index in [9.17, 15) is 13.2 Å². The van der Waals surface area contributed by atoms with Crippen LogP contribution in [0.1, 0.15) is 43.6 Å². The van der Waals surface area contributed by atoms with Crippen molar-refractivity contribution in [3.8, 4) is 11.3 Å². The molecular formula is C27H27ClN4O3S. The first kappa shape index (κ1) is 24.5. The van der Waals surface area contributed by atoms with E-state index in [0.29, 0.717) is 29.4 Å². The molecule has 4 aromatic rings. The van der Waals surface area contributed by atoms with E-state index in [2.05, 4.69) is 20.3 Å². The van der Waals surface area contributed by atoms with Gasteiger partial charge in [0, 0.05) is 22.7 Å². The van der Waals surface area contributed by atoms with Gasteiger partial charge in [-0.1, -0.05) is 43.9 Å². The van der Waals surface area contributed by atoms with E-state index in [1.807, 2.05) is 30.5 Å². The number of aromatic amines is 1. The summed E-state index contributed by atoms with van der Waals surface area (Å²) in [6.45, 7) is 0. The highest BCUT2D eigenvalue weighted by molar-refractivity contribution is 7.92. The summed E-state index contributed by atoms with van der Waals surface area (Å²) < 4.78 is 24.7. The number of H-pyrrole nitrogens is 1. The Morgan fingerprint density at radius 2 is 1.92 bits per heavy atom. The van der Waals surface area contributed by atoms with Crippen LogP contribution in [0.2, 0.25) is 0 Å². The van der Waals surface area contributed by atoms with E-state index >= 15 is 0 Å². The van der Waals surface area contributed by atoms with E-state index < -0.39 is 21.0 Å². The number of benzene rings is 2. The van der Waals surface area contributed by atoms with Crippen LogP contribution in [0.15, 0.2) is 72.0 Å². The summed E-state index contributed by atoms with van der Waals surface area (Å²) in [6.07, 6.45) is 10.2. The first-order valence-corrected chi connectivity index (χ1v) is 14.2. The number of amides is 1. The van der Waals surface area contributed by atoms with Crippen molar-refractivity contribution in [3.63, 3.8) is 0 Å². The lowest BCUT2D eigenvalue weighted by Crippen LogP contribution is -2.24. The van der Waals surface area contributed by atoms with Crippen LogP contribution in [-0.4, -0.2) is 34.5 Å². The van der Waals surface area contributed by atoms with Gasteiger partial charge in [-0.3, -0.25) is 9.78 Å². The van der Waals surface area contributed by atoms with Gasteiger partial charge in [-0.25, -0.2) is 13.4 Å². The summed E-state index contributed by atoms with van der Waals surface area (Å²) in [4.78, 5) is 25.7. The first-order chi connectivity index (χ1) is 17.4. The van der Waals surface area contributed by atoms with Crippen molar-refractivity contribution in [2.45, 2.75) is 42.9 Å². The van der Waals surface area contributed by atoms with Crippen molar-refractivity contribution in [1.82, 2.24) is 15.0 Å². The van der Waals surface area contributed by atoms with E-state index in [0.717, 1.165) is 42.1 Å². The van der Waals surface area contributed by atoms with Crippen molar-refractivity contribution >= 4 is 44.1 Å². The number of carbonyl (C=O) groups is 1. The molecule has 2 aromatic carbocycles. The summed E-state index contributed by atoms with van der Waals surface area (Å²) in [6, 6.07) is 14.6. The lowest BCUT2D eigenvalue weighted by Gasteiger charge is -2.21. The Kier molecular flexibility index (Phi) is 7.07. The standard InChI is InChI=1S/C27H27ClN4O3S/c28-17-36(34,35)22-7-3-6-19(14-22)23(12-18-4-1-2-5-18)27(33)32-26-16-30-25(15-31-26)20-8-9-24-21(13-20)10-11-29-24/h3,6-11,13-16,18,23,29H,1-2,4-5,12,17H2,(H,31,32,33). The van der Waals surface area contributed by atoms with Gasteiger partial charge in [0.15, 0.2) is 15.7 Å². The Bertz CT molecular complexity index is 1480. The van der Waals surface area contributed by atoms with Gasteiger partial charge in [-0.05, 0) is 48.2 Å². The monoisotopic (exact) mass is 522 g/mol. The van der Waals surface area contributed by atoms with Crippen LogP contribution in [0.4, 0.5) is 5.82 Å². The van der Waals surface area contributed by atoms with Gasteiger partial charge in [0.25, 0.3) is 0 Å². The predicted molar refractivity (Wildman–Crippen MR) is 142 cm³/mol. The third-order valence-corrected chi connectivity index (χ3v) is 9.00. The molecule has 36 heavy (non-hydrogen) atoms. The van der Waals surface area contributed by atoms with Crippen LogP contribution in [0.3, 0.4) is 0 Å². The number of anilines is 1. The predicted octanol–water partition coefficient (Wildman–Crippen LogP) is 5.90. The Balaban J connectivity index is 1.37. The molecule has 1 unspecified atom stereocenters. The van der Waals surface area contributed by atoms with Gasteiger partial charge in [-0.2, -0.15) is 0 Å². The number of aromatic nitrogens is 3. The zero-order valence-electron chi connectivity index (χ0n) is 19.7. The molecule has 1 aliphatic rings. The van der Waals surface area contributed by atoms with Crippen molar-refractivity contribution in [3.05, 3.63) is 72.7 Å². The highest BCUT2D eigenvalue weighted by Gasteiger charge is 2.28. The molecule has 2 N–H and O–H groups in total. The van der Waals surface area contributed by atoms with Crippen molar-refractivity contribution in [2.75, 3.05) is 10.5 Å². The van der Waals surface area contributed by atoms with Crippen LogP contribution in [-0.2, 0) is 14.6 Å². The molecule has 0 saturated heterocycles. The molecule has 186 valence electrons. The van der Waals surface area contributed by atoms with E-state index in [4.69, 9.17) is 11.6 Å². The van der Waals surface area contributed by atoms with Gasteiger partial charge in [0.05, 0.1) is 28.9 Å². The Labute approximate surface area is 215 Å². The van der Waals surface area contributed by atoms with Gasteiger partial charge in [-0.15, -0.1) is 11.6 Å². The minimum absolute atomic E-state index is 0.128. The van der Waals surface area contributed by atoms with Crippen molar-refractivity contribution in [1.29, 1.82) is 0 Å². The Morgan fingerprint density at radius 3 is 2.67 bits per heavy atom. The molecule has 5 rings (SSSR count). The molecule has 0 aliphatic heterocycles. The fourth-order valence-electron chi connectivity index (χ4n) is 4.93. The van der Waals surface area contributed by atoms with Crippen LogP contribution in [0.5, 0.6) is 0 Å².